The van der Waals surface area contributed by atoms with E-state index in [0.717, 1.165) is 5.56 Å². The molecule has 2 aromatic rings. The molecule has 0 bridgehead atoms. The lowest BCUT2D eigenvalue weighted by molar-refractivity contribution is -0.115. The van der Waals surface area contributed by atoms with Crippen LogP contribution in [0, 0.1) is 12.7 Å². The molecule has 0 spiro atoms. The number of nitrogens with one attached hydrogen (secondary N) is 1. The second-order valence-corrected chi connectivity index (χ2v) is 7.76. The predicted molar refractivity (Wildman–Crippen MR) is 90.8 cm³/mol. The Morgan fingerprint density at radius 1 is 1.35 bits per heavy atom. The van der Waals surface area contributed by atoms with Crippen molar-refractivity contribution in [3.8, 4) is 5.19 Å². The minimum absolute atomic E-state index is 0.0195. The van der Waals surface area contributed by atoms with Crippen molar-refractivity contribution in [1.82, 2.24) is 10.2 Å². The molecule has 0 unspecified atom stereocenters. The van der Waals surface area contributed by atoms with Crippen LogP contribution in [0.1, 0.15) is 26.3 Å². The van der Waals surface area contributed by atoms with E-state index in [-0.39, 0.29) is 17.7 Å². The topological polar surface area (TPSA) is 64.1 Å². The molecule has 0 saturated carbocycles. The van der Waals surface area contributed by atoms with E-state index >= 15 is 0 Å². The molecule has 1 aromatic heterocycles. The third-order valence-corrected chi connectivity index (χ3v) is 4.75. The molecule has 1 N–H and O–H groups in total. The fourth-order valence-corrected chi connectivity index (χ4v) is 3.60. The lowest BCUT2D eigenvalue weighted by Gasteiger charge is -2.11. The van der Waals surface area contributed by atoms with Crippen LogP contribution in [-0.4, -0.2) is 27.5 Å². The monoisotopic (exact) mass is 355 g/mol. The van der Waals surface area contributed by atoms with Gasteiger partial charge in [0.05, 0.1) is 17.0 Å². The Hall–Kier alpha value is -1.67. The lowest BCUT2D eigenvalue weighted by atomic mass is 10.2. The van der Waals surface area contributed by atoms with E-state index in [1.807, 2.05) is 13.8 Å². The normalized spacial score (nSPS) is 12.3. The van der Waals surface area contributed by atoms with Crippen molar-refractivity contribution in [2.75, 3.05) is 5.32 Å². The average molecular weight is 355 g/mol. The molecule has 1 atom stereocenters. The molecule has 0 aliphatic heterocycles. The summed E-state index contributed by atoms with van der Waals surface area (Å²) in [5, 5.41) is 10.5. The molecule has 0 aliphatic rings. The van der Waals surface area contributed by atoms with E-state index in [4.69, 9.17) is 4.74 Å². The molecule has 1 heterocycles. The number of amides is 1. The molecule has 8 heteroatoms. The minimum atomic E-state index is -0.445. The van der Waals surface area contributed by atoms with Crippen molar-refractivity contribution >= 4 is 34.7 Å². The Balaban J connectivity index is 1.95. The maximum absolute atomic E-state index is 13.8. The maximum atomic E-state index is 13.8. The number of ether oxygens (including phenoxy) is 1. The van der Waals surface area contributed by atoms with Crippen molar-refractivity contribution in [2.45, 2.75) is 43.4 Å². The Kier molecular flexibility index (Phi) is 5.95. The number of halogens is 1. The fraction of sp³-hybridized carbons (Fsp3) is 0.400. The number of anilines is 1. The van der Waals surface area contributed by atoms with Gasteiger partial charge in [-0.2, -0.15) is 0 Å². The van der Waals surface area contributed by atoms with Crippen LogP contribution in [0.15, 0.2) is 22.5 Å². The van der Waals surface area contributed by atoms with Crippen LogP contribution in [0.25, 0.3) is 0 Å². The number of benzene rings is 1. The molecule has 0 fully saturated rings. The van der Waals surface area contributed by atoms with Gasteiger partial charge in [-0.3, -0.25) is 4.79 Å². The Morgan fingerprint density at radius 2 is 2.09 bits per heavy atom. The van der Waals surface area contributed by atoms with E-state index in [0.29, 0.717) is 9.53 Å². The number of aromatic nitrogens is 2. The molecule has 0 saturated heterocycles. The highest BCUT2D eigenvalue weighted by Crippen LogP contribution is 2.31. The van der Waals surface area contributed by atoms with E-state index in [1.165, 1.54) is 29.2 Å². The third-order valence-electron chi connectivity index (χ3n) is 2.75. The van der Waals surface area contributed by atoms with Gasteiger partial charge in [0.1, 0.15) is 5.82 Å². The lowest BCUT2D eigenvalue weighted by Crippen LogP contribution is -2.22. The number of rotatable bonds is 6. The fourth-order valence-electron chi connectivity index (χ4n) is 1.65. The molecule has 2 rings (SSSR count). The standard InChI is InChI=1S/C15H18FN3O2S2/c1-8(2)21-14-18-19-15(23-14)22-10(4)13(20)17-12-6-5-9(3)7-11(12)16/h5-8,10H,1-4H3,(H,17,20)/t10-/m0/s1. The van der Waals surface area contributed by atoms with Gasteiger partial charge in [-0.25, -0.2) is 4.39 Å². The molecule has 1 amide bonds. The quantitative estimate of drug-likeness (QED) is 0.797. The van der Waals surface area contributed by atoms with Gasteiger partial charge < -0.3 is 10.1 Å². The first-order valence-corrected chi connectivity index (χ1v) is 8.78. The van der Waals surface area contributed by atoms with Gasteiger partial charge >= 0.3 is 0 Å². The van der Waals surface area contributed by atoms with Crippen LogP contribution in [-0.2, 0) is 4.79 Å². The Bertz CT molecular complexity index is 691. The molecular weight excluding hydrogens is 337 g/mol. The number of hydrogen-bond acceptors (Lipinski definition) is 6. The summed E-state index contributed by atoms with van der Waals surface area (Å²) >= 11 is 2.54. The highest BCUT2D eigenvalue weighted by atomic mass is 32.2. The highest BCUT2D eigenvalue weighted by Gasteiger charge is 2.19. The van der Waals surface area contributed by atoms with Crippen molar-refractivity contribution in [3.05, 3.63) is 29.6 Å². The number of hydrogen-bond donors (Lipinski definition) is 1. The van der Waals surface area contributed by atoms with Crippen LogP contribution in [0.2, 0.25) is 0 Å². The van der Waals surface area contributed by atoms with Gasteiger partial charge in [-0.05, 0) is 56.7 Å². The van der Waals surface area contributed by atoms with Gasteiger partial charge in [0.2, 0.25) is 5.91 Å². The maximum Gasteiger partial charge on any atom is 0.295 e. The van der Waals surface area contributed by atoms with Crippen molar-refractivity contribution in [2.24, 2.45) is 0 Å². The SMILES string of the molecule is Cc1ccc(NC(=O)[C@H](C)Sc2nnc(OC(C)C)s2)c(F)c1. The molecular formula is C15H18FN3O2S2. The zero-order valence-corrected chi connectivity index (χ0v) is 14.9. The minimum Gasteiger partial charge on any atom is -0.466 e. The Labute approximate surface area is 142 Å². The largest absolute Gasteiger partial charge is 0.466 e. The van der Waals surface area contributed by atoms with E-state index in [2.05, 4.69) is 15.5 Å². The van der Waals surface area contributed by atoms with Gasteiger partial charge in [0, 0.05) is 0 Å². The number of carbonyl (C=O) groups excluding carboxylic acids is 1. The van der Waals surface area contributed by atoms with E-state index in [9.17, 15) is 9.18 Å². The van der Waals surface area contributed by atoms with Crippen LogP contribution in [0.5, 0.6) is 5.19 Å². The van der Waals surface area contributed by atoms with Gasteiger partial charge in [0.15, 0.2) is 4.34 Å². The summed E-state index contributed by atoms with van der Waals surface area (Å²) in [4.78, 5) is 12.2. The van der Waals surface area contributed by atoms with Crippen LogP contribution < -0.4 is 10.1 Å². The summed E-state index contributed by atoms with van der Waals surface area (Å²) in [6.07, 6.45) is 0.0195. The first-order chi connectivity index (χ1) is 10.8. The van der Waals surface area contributed by atoms with Gasteiger partial charge in [0.25, 0.3) is 5.19 Å². The summed E-state index contributed by atoms with van der Waals surface area (Å²) in [5.41, 5.74) is 0.976. The number of carbonyl (C=O) groups is 1. The van der Waals surface area contributed by atoms with Crippen LogP contribution in [0.4, 0.5) is 10.1 Å². The zero-order valence-electron chi connectivity index (χ0n) is 13.3. The average Bonchev–Trinajstić information content (AvgIpc) is 2.88. The van der Waals surface area contributed by atoms with Crippen LogP contribution in [0.3, 0.4) is 0 Å². The summed E-state index contributed by atoms with van der Waals surface area (Å²) in [7, 11) is 0. The van der Waals surface area contributed by atoms with Gasteiger partial charge in [-0.1, -0.05) is 22.9 Å². The summed E-state index contributed by atoms with van der Waals surface area (Å²) in [6, 6.07) is 4.68. The molecule has 124 valence electrons. The zero-order chi connectivity index (χ0) is 17.0. The van der Waals surface area contributed by atoms with Crippen molar-refractivity contribution in [1.29, 1.82) is 0 Å². The third kappa shape index (κ3) is 5.18. The first-order valence-electron chi connectivity index (χ1n) is 7.09. The molecule has 5 nitrogen and oxygen atoms in total. The molecule has 1 aromatic carbocycles. The van der Waals surface area contributed by atoms with Gasteiger partial charge in [-0.15, -0.1) is 5.10 Å². The molecule has 0 radical (unpaired) electrons. The second-order valence-electron chi connectivity index (χ2n) is 5.23. The smallest absolute Gasteiger partial charge is 0.295 e. The van der Waals surface area contributed by atoms with Crippen LogP contribution >= 0.6 is 23.1 Å². The first kappa shape index (κ1) is 17.7. The summed E-state index contributed by atoms with van der Waals surface area (Å²) in [5.74, 6) is -0.738. The Morgan fingerprint density at radius 3 is 2.74 bits per heavy atom. The van der Waals surface area contributed by atoms with Crippen molar-refractivity contribution < 1.29 is 13.9 Å². The number of aryl methyl sites for hydroxylation is 1. The second kappa shape index (κ2) is 7.74. The van der Waals surface area contributed by atoms with E-state index in [1.54, 1.807) is 26.0 Å². The number of thioether (sulfide) groups is 1. The molecule has 23 heavy (non-hydrogen) atoms. The summed E-state index contributed by atoms with van der Waals surface area (Å²) in [6.45, 7) is 7.33. The van der Waals surface area contributed by atoms with E-state index < -0.39 is 11.1 Å². The summed E-state index contributed by atoms with van der Waals surface area (Å²) < 4.78 is 19.8. The predicted octanol–water partition coefficient (Wildman–Crippen LogP) is 3.89. The molecule has 0 aliphatic carbocycles. The highest BCUT2D eigenvalue weighted by molar-refractivity contribution is 8.02. The number of nitrogens with zero attached hydrogens (tertiary/aromatic N) is 2. The van der Waals surface area contributed by atoms with Crippen molar-refractivity contribution in [3.63, 3.8) is 0 Å².